The Morgan fingerprint density at radius 3 is 2.44 bits per heavy atom. The second-order valence-corrected chi connectivity index (χ2v) is 6.35. The molecule has 1 fully saturated rings. The van der Waals surface area contributed by atoms with Crippen molar-refractivity contribution >= 4 is 16.7 Å². The van der Waals surface area contributed by atoms with Gasteiger partial charge in [-0.15, -0.1) is 0 Å². The normalized spacial score (nSPS) is 16.3. The molecule has 0 bridgehead atoms. The predicted octanol–water partition coefficient (Wildman–Crippen LogP) is 2.29. The Morgan fingerprint density at radius 1 is 1.25 bits per heavy atom. The molecular formula is C13H17O2S+. The molecule has 86 valence electrons. The number of carbonyl (C=O) groups excluding carboxylic acids is 1. The zero-order chi connectivity index (χ0) is 11.4. The van der Waals surface area contributed by atoms with Crippen molar-refractivity contribution in [2.75, 3.05) is 24.4 Å². The summed E-state index contributed by atoms with van der Waals surface area (Å²) in [5.74, 6) is 4.34. The Morgan fingerprint density at radius 2 is 1.88 bits per heavy atom. The molecule has 1 heterocycles. The quantitative estimate of drug-likeness (QED) is 0.593. The van der Waals surface area contributed by atoms with Crippen LogP contribution in [0.2, 0.25) is 0 Å². The van der Waals surface area contributed by atoms with Gasteiger partial charge in [0.15, 0.2) is 5.75 Å². The van der Waals surface area contributed by atoms with Crippen LogP contribution in [0.15, 0.2) is 24.3 Å². The van der Waals surface area contributed by atoms with E-state index in [-0.39, 0.29) is 5.78 Å². The Balaban J connectivity index is 1.97. The average molecular weight is 237 g/mol. The molecular weight excluding hydrogens is 220 g/mol. The number of ether oxygens (including phenoxy) is 1. The molecule has 0 aliphatic carbocycles. The van der Waals surface area contributed by atoms with Gasteiger partial charge in [0, 0.05) is 5.56 Å². The van der Waals surface area contributed by atoms with Gasteiger partial charge in [0.1, 0.15) is 17.3 Å². The van der Waals surface area contributed by atoms with E-state index in [0.29, 0.717) is 10.9 Å². The van der Waals surface area contributed by atoms with Gasteiger partial charge in [-0.1, -0.05) is 0 Å². The van der Waals surface area contributed by atoms with Crippen LogP contribution in [0.4, 0.5) is 0 Å². The van der Waals surface area contributed by atoms with Crippen LogP contribution in [0.1, 0.15) is 23.2 Å². The van der Waals surface area contributed by atoms with Crippen LogP contribution in [-0.4, -0.2) is 30.2 Å². The Labute approximate surface area is 99.3 Å². The molecule has 3 heteroatoms. The highest BCUT2D eigenvalue weighted by atomic mass is 32.2. The number of rotatable bonds is 4. The van der Waals surface area contributed by atoms with E-state index in [1.807, 2.05) is 24.3 Å². The molecule has 2 nitrogen and oxygen atoms in total. The van der Waals surface area contributed by atoms with Crippen molar-refractivity contribution in [3.63, 3.8) is 0 Å². The summed E-state index contributed by atoms with van der Waals surface area (Å²) >= 11 is 0. The van der Waals surface area contributed by atoms with E-state index >= 15 is 0 Å². The summed E-state index contributed by atoms with van der Waals surface area (Å²) in [6.07, 6.45) is 2.61. The van der Waals surface area contributed by atoms with Crippen LogP contribution < -0.4 is 4.74 Å². The summed E-state index contributed by atoms with van der Waals surface area (Å²) in [5.41, 5.74) is 0.820. The molecule has 0 saturated carbocycles. The predicted molar refractivity (Wildman–Crippen MR) is 68.5 cm³/mol. The number of hydrogen-bond acceptors (Lipinski definition) is 2. The second kappa shape index (κ2) is 5.39. The van der Waals surface area contributed by atoms with Gasteiger partial charge in [-0.2, -0.15) is 0 Å². The highest BCUT2D eigenvalue weighted by Gasteiger charge is 2.27. The molecule has 0 radical (unpaired) electrons. The molecule has 1 aliphatic rings. The van der Waals surface area contributed by atoms with E-state index in [4.69, 9.17) is 4.74 Å². The van der Waals surface area contributed by atoms with Gasteiger partial charge in [-0.25, -0.2) is 0 Å². The topological polar surface area (TPSA) is 26.3 Å². The number of hydrogen-bond donors (Lipinski definition) is 0. The fraction of sp³-hybridized carbons (Fsp3) is 0.462. The van der Waals surface area contributed by atoms with Crippen molar-refractivity contribution in [2.45, 2.75) is 12.8 Å². The van der Waals surface area contributed by atoms with Crippen LogP contribution in [0.25, 0.3) is 0 Å². The molecule has 0 atom stereocenters. The maximum absolute atomic E-state index is 12.0. The minimum absolute atomic E-state index is 0.285. The van der Waals surface area contributed by atoms with Crippen molar-refractivity contribution in [3.8, 4) is 5.75 Å². The maximum atomic E-state index is 12.0. The van der Waals surface area contributed by atoms with Crippen molar-refractivity contribution in [2.24, 2.45) is 0 Å². The monoisotopic (exact) mass is 237 g/mol. The van der Waals surface area contributed by atoms with E-state index in [1.54, 1.807) is 7.11 Å². The van der Waals surface area contributed by atoms with Crippen molar-refractivity contribution in [1.82, 2.24) is 0 Å². The highest BCUT2D eigenvalue weighted by Crippen LogP contribution is 2.17. The fourth-order valence-corrected chi connectivity index (χ4v) is 4.16. The van der Waals surface area contributed by atoms with Crippen LogP contribution >= 0.6 is 0 Å². The molecule has 1 saturated heterocycles. The molecule has 1 aliphatic heterocycles. The van der Waals surface area contributed by atoms with Gasteiger partial charge in [0.25, 0.3) is 0 Å². The third-order valence-electron chi connectivity index (χ3n) is 2.86. The average Bonchev–Trinajstić information content (AvgIpc) is 2.82. The third kappa shape index (κ3) is 2.79. The summed E-state index contributed by atoms with van der Waals surface area (Å²) in [7, 11) is 1.99. The Kier molecular flexibility index (Phi) is 3.88. The smallest absolute Gasteiger partial charge is 0.211 e. The summed E-state index contributed by atoms with van der Waals surface area (Å²) in [5, 5.41) is 0. The standard InChI is InChI=1S/C13H17O2S/c1-15-12-6-4-11(5-7-12)13(14)10-16-8-2-3-9-16/h4-7H,2-3,8-10H2,1H3/q+1. The number of ketones is 1. The van der Waals surface area contributed by atoms with Gasteiger partial charge in [-0.05, 0) is 48.0 Å². The molecule has 0 amide bonds. The SMILES string of the molecule is COc1ccc(C(=O)C[S+]2CCCC2)cc1. The lowest BCUT2D eigenvalue weighted by molar-refractivity contribution is 0.102. The molecule has 0 N–H and O–H groups in total. The first-order chi connectivity index (χ1) is 7.79. The van der Waals surface area contributed by atoms with E-state index in [0.717, 1.165) is 17.1 Å². The van der Waals surface area contributed by atoms with Gasteiger partial charge < -0.3 is 4.74 Å². The minimum atomic E-state index is 0.285. The van der Waals surface area contributed by atoms with Gasteiger partial charge >= 0.3 is 0 Å². The Bertz CT molecular complexity index is 353. The third-order valence-corrected chi connectivity index (χ3v) is 5.27. The highest BCUT2D eigenvalue weighted by molar-refractivity contribution is 7.97. The number of carbonyl (C=O) groups is 1. The van der Waals surface area contributed by atoms with E-state index in [9.17, 15) is 4.79 Å². The molecule has 0 aromatic heterocycles. The summed E-state index contributed by atoms with van der Waals surface area (Å²) in [4.78, 5) is 12.0. The van der Waals surface area contributed by atoms with Crippen molar-refractivity contribution in [1.29, 1.82) is 0 Å². The zero-order valence-electron chi connectivity index (χ0n) is 9.57. The lowest BCUT2D eigenvalue weighted by Crippen LogP contribution is -2.17. The Hall–Kier alpha value is -0.960. The van der Waals surface area contributed by atoms with E-state index < -0.39 is 0 Å². The minimum Gasteiger partial charge on any atom is -0.497 e. The zero-order valence-corrected chi connectivity index (χ0v) is 10.4. The first kappa shape index (κ1) is 11.5. The van der Waals surface area contributed by atoms with Crippen LogP contribution in [0, 0.1) is 0 Å². The summed E-state index contributed by atoms with van der Waals surface area (Å²) in [6.45, 7) is 0. The summed E-state index contributed by atoms with van der Waals surface area (Å²) in [6, 6.07) is 7.43. The van der Waals surface area contributed by atoms with Gasteiger partial charge in [0.05, 0.1) is 7.11 Å². The lowest BCUT2D eigenvalue weighted by Gasteiger charge is -2.02. The van der Waals surface area contributed by atoms with E-state index in [2.05, 4.69) is 0 Å². The first-order valence-corrected chi connectivity index (χ1v) is 7.34. The van der Waals surface area contributed by atoms with Gasteiger partial charge in [-0.3, -0.25) is 4.79 Å². The van der Waals surface area contributed by atoms with Crippen LogP contribution in [-0.2, 0) is 10.9 Å². The molecule has 1 aromatic carbocycles. The maximum Gasteiger partial charge on any atom is 0.211 e. The summed E-state index contributed by atoms with van der Waals surface area (Å²) < 4.78 is 5.07. The number of benzene rings is 1. The second-order valence-electron chi connectivity index (χ2n) is 4.02. The molecule has 0 unspecified atom stereocenters. The molecule has 2 rings (SSSR count). The molecule has 0 spiro atoms. The fourth-order valence-electron chi connectivity index (χ4n) is 1.90. The van der Waals surface area contributed by atoms with Crippen molar-refractivity contribution in [3.05, 3.63) is 29.8 Å². The van der Waals surface area contributed by atoms with Crippen molar-refractivity contribution < 1.29 is 9.53 Å². The molecule has 16 heavy (non-hydrogen) atoms. The largest absolute Gasteiger partial charge is 0.497 e. The molecule has 1 aromatic rings. The lowest BCUT2D eigenvalue weighted by atomic mass is 10.1. The van der Waals surface area contributed by atoms with Crippen LogP contribution in [0.5, 0.6) is 5.75 Å². The first-order valence-electron chi connectivity index (χ1n) is 5.61. The number of methoxy groups -OCH3 is 1. The number of Topliss-reactive ketones (excluding diaryl/α,β-unsaturated/α-hetero) is 1. The van der Waals surface area contributed by atoms with E-state index in [1.165, 1.54) is 24.3 Å². The van der Waals surface area contributed by atoms with Gasteiger partial charge in [0.2, 0.25) is 5.78 Å². The van der Waals surface area contributed by atoms with Crippen LogP contribution in [0.3, 0.4) is 0 Å².